The Labute approximate surface area is 163 Å². The highest BCUT2D eigenvalue weighted by Gasteiger charge is 2.15. The highest BCUT2D eigenvalue weighted by atomic mass is 16.5. The molecule has 1 N–H and O–H groups in total. The van der Waals surface area contributed by atoms with Crippen LogP contribution in [0.4, 0.5) is 5.69 Å². The van der Waals surface area contributed by atoms with E-state index in [0.29, 0.717) is 35.0 Å². The third-order valence-corrected chi connectivity index (χ3v) is 3.83. The minimum atomic E-state index is -0.373. The standard InChI is InChI=1S/C21H23NO6/c1-5-28-21(24)14-6-8-16(9-7-14)22-11-10-17(23)15-12-18(25-2)20(27-4)19(13-15)26-3/h6-13,22H,5H2,1-4H3. The quantitative estimate of drug-likeness (QED) is 0.400. The van der Waals surface area contributed by atoms with Crippen LogP contribution in [0.2, 0.25) is 0 Å². The summed E-state index contributed by atoms with van der Waals surface area (Å²) >= 11 is 0. The third-order valence-electron chi connectivity index (χ3n) is 3.83. The Bertz CT molecular complexity index is 833. The Morgan fingerprint density at radius 1 is 0.929 bits per heavy atom. The molecule has 0 spiro atoms. The summed E-state index contributed by atoms with van der Waals surface area (Å²) in [6.45, 7) is 2.08. The van der Waals surface area contributed by atoms with Crippen molar-refractivity contribution in [2.24, 2.45) is 0 Å². The number of rotatable bonds is 9. The maximum absolute atomic E-state index is 12.4. The predicted molar refractivity (Wildman–Crippen MR) is 106 cm³/mol. The first-order chi connectivity index (χ1) is 13.5. The van der Waals surface area contributed by atoms with E-state index in [1.165, 1.54) is 33.6 Å². The van der Waals surface area contributed by atoms with Crippen molar-refractivity contribution in [2.75, 3.05) is 33.3 Å². The molecule has 7 heteroatoms. The van der Waals surface area contributed by atoms with Crippen LogP contribution in [0.1, 0.15) is 27.6 Å². The van der Waals surface area contributed by atoms with E-state index in [4.69, 9.17) is 18.9 Å². The van der Waals surface area contributed by atoms with Crippen molar-refractivity contribution < 1.29 is 28.5 Å². The van der Waals surface area contributed by atoms with Gasteiger partial charge in [0, 0.05) is 23.5 Å². The van der Waals surface area contributed by atoms with Crippen LogP contribution in [0.25, 0.3) is 0 Å². The Kier molecular flexibility index (Phi) is 7.45. The van der Waals surface area contributed by atoms with Crippen molar-refractivity contribution >= 4 is 17.4 Å². The first-order valence-electron chi connectivity index (χ1n) is 8.58. The normalized spacial score (nSPS) is 10.4. The van der Waals surface area contributed by atoms with E-state index < -0.39 is 0 Å². The van der Waals surface area contributed by atoms with E-state index in [1.54, 1.807) is 43.3 Å². The van der Waals surface area contributed by atoms with Gasteiger partial charge >= 0.3 is 5.97 Å². The number of anilines is 1. The third kappa shape index (κ3) is 5.03. The van der Waals surface area contributed by atoms with Crippen LogP contribution in [0.5, 0.6) is 17.2 Å². The molecule has 7 nitrogen and oxygen atoms in total. The highest BCUT2D eigenvalue weighted by Crippen LogP contribution is 2.38. The number of allylic oxidation sites excluding steroid dienone is 1. The zero-order valence-electron chi connectivity index (χ0n) is 16.3. The van der Waals surface area contributed by atoms with Gasteiger partial charge in [-0.25, -0.2) is 4.79 Å². The van der Waals surface area contributed by atoms with Crippen LogP contribution in [0, 0.1) is 0 Å². The minimum absolute atomic E-state index is 0.241. The van der Waals surface area contributed by atoms with E-state index >= 15 is 0 Å². The molecular weight excluding hydrogens is 362 g/mol. The molecule has 0 heterocycles. The fraction of sp³-hybridized carbons (Fsp3) is 0.238. The molecule has 2 aromatic rings. The van der Waals surface area contributed by atoms with E-state index in [-0.39, 0.29) is 11.8 Å². The molecule has 0 radical (unpaired) electrons. The zero-order valence-corrected chi connectivity index (χ0v) is 16.3. The Morgan fingerprint density at radius 2 is 1.54 bits per heavy atom. The lowest BCUT2D eigenvalue weighted by Gasteiger charge is -2.13. The lowest BCUT2D eigenvalue weighted by atomic mass is 10.1. The van der Waals surface area contributed by atoms with Gasteiger partial charge in [-0.1, -0.05) is 0 Å². The summed E-state index contributed by atoms with van der Waals surface area (Å²) in [5.74, 6) is 0.615. The van der Waals surface area contributed by atoms with E-state index in [0.717, 1.165) is 5.69 Å². The molecule has 0 unspecified atom stereocenters. The van der Waals surface area contributed by atoms with Crippen molar-refractivity contribution in [3.05, 3.63) is 59.8 Å². The van der Waals surface area contributed by atoms with Gasteiger partial charge in [0.1, 0.15) is 0 Å². The van der Waals surface area contributed by atoms with Gasteiger partial charge in [-0.2, -0.15) is 0 Å². The fourth-order valence-electron chi connectivity index (χ4n) is 2.45. The molecule has 2 rings (SSSR count). The molecule has 0 amide bonds. The Hall–Kier alpha value is -3.48. The van der Waals surface area contributed by atoms with Crippen LogP contribution in [-0.4, -0.2) is 39.7 Å². The number of carbonyl (C=O) groups is 2. The first kappa shape index (κ1) is 20.8. The largest absolute Gasteiger partial charge is 0.493 e. The fourth-order valence-corrected chi connectivity index (χ4v) is 2.45. The Balaban J connectivity index is 2.08. The molecule has 0 aromatic heterocycles. The minimum Gasteiger partial charge on any atom is -0.493 e. The number of nitrogens with one attached hydrogen (secondary N) is 1. The summed E-state index contributed by atoms with van der Waals surface area (Å²) in [6, 6.07) is 9.91. The van der Waals surface area contributed by atoms with Gasteiger partial charge in [-0.3, -0.25) is 4.79 Å². The van der Waals surface area contributed by atoms with Crippen molar-refractivity contribution in [3.63, 3.8) is 0 Å². The lowest BCUT2D eigenvalue weighted by Crippen LogP contribution is -2.04. The smallest absolute Gasteiger partial charge is 0.338 e. The second kappa shape index (κ2) is 10.0. The van der Waals surface area contributed by atoms with Crippen LogP contribution in [0.15, 0.2) is 48.7 Å². The van der Waals surface area contributed by atoms with Crippen LogP contribution < -0.4 is 19.5 Å². The molecule has 0 aliphatic heterocycles. The molecule has 0 bridgehead atoms. The topological polar surface area (TPSA) is 83.1 Å². The van der Waals surface area contributed by atoms with Crippen LogP contribution in [-0.2, 0) is 4.74 Å². The van der Waals surface area contributed by atoms with Crippen molar-refractivity contribution in [1.29, 1.82) is 0 Å². The maximum Gasteiger partial charge on any atom is 0.338 e. The van der Waals surface area contributed by atoms with Gasteiger partial charge in [0.05, 0.1) is 33.5 Å². The SMILES string of the molecule is CCOC(=O)c1ccc(NC=CC(=O)c2cc(OC)c(OC)c(OC)c2)cc1. The van der Waals surface area contributed by atoms with E-state index in [9.17, 15) is 9.59 Å². The number of hydrogen-bond acceptors (Lipinski definition) is 7. The molecule has 0 saturated carbocycles. The van der Waals surface area contributed by atoms with Gasteiger partial charge in [0.2, 0.25) is 5.75 Å². The highest BCUT2D eigenvalue weighted by molar-refractivity contribution is 6.05. The average molecular weight is 385 g/mol. The molecule has 0 saturated heterocycles. The molecule has 0 fully saturated rings. The predicted octanol–water partition coefficient (Wildman–Crippen LogP) is 3.70. The summed E-state index contributed by atoms with van der Waals surface area (Å²) in [5, 5.41) is 2.98. The number of benzene rings is 2. The van der Waals surface area contributed by atoms with E-state index in [2.05, 4.69) is 5.32 Å². The number of esters is 1. The second-order valence-corrected chi connectivity index (χ2v) is 5.55. The van der Waals surface area contributed by atoms with Gasteiger partial charge in [0.15, 0.2) is 17.3 Å². The molecule has 148 valence electrons. The zero-order chi connectivity index (χ0) is 20.5. The van der Waals surface area contributed by atoms with Gasteiger partial charge in [0.25, 0.3) is 0 Å². The molecule has 0 aliphatic rings. The van der Waals surface area contributed by atoms with Gasteiger partial charge < -0.3 is 24.3 Å². The van der Waals surface area contributed by atoms with Crippen LogP contribution in [0.3, 0.4) is 0 Å². The Morgan fingerprint density at radius 3 is 2.04 bits per heavy atom. The van der Waals surface area contributed by atoms with Crippen LogP contribution >= 0.6 is 0 Å². The summed E-state index contributed by atoms with van der Waals surface area (Å²) in [6.07, 6.45) is 2.91. The van der Waals surface area contributed by atoms with Gasteiger partial charge in [-0.15, -0.1) is 0 Å². The lowest BCUT2D eigenvalue weighted by molar-refractivity contribution is 0.0526. The second-order valence-electron chi connectivity index (χ2n) is 5.55. The first-order valence-corrected chi connectivity index (χ1v) is 8.58. The van der Waals surface area contributed by atoms with Crippen molar-refractivity contribution in [1.82, 2.24) is 0 Å². The molecule has 2 aromatic carbocycles. The van der Waals surface area contributed by atoms with Gasteiger partial charge in [-0.05, 0) is 43.3 Å². The molecule has 0 atom stereocenters. The maximum atomic E-state index is 12.4. The van der Waals surface area contributed by atoms with Crippen molar-refractivity contribution in [3.8, 4) is 17.2 Å². The van der Waals surface area contributed by atoms with E-state index in [1.807, 2.05) is 0 Å². The number of carbonyl (C=O) groups excluding carboxylic acids is 2. The molecule has 28 heavy (non-hydrogen) atoms. The summed E-state index contributed by atoms with van der Waals surface area (Å²) in [4.78, 5) is 24.1. The number of ketones is 1. The summed E-state index contributed by atoms with van der Waals surface area (Å²) in [5.41, 5.74) is 1.58. The van der Waals surface area contributed by atoms with Crippen molar-refractivity contribution in [2.45, 2.75) is 6.92 Å². The summed E-state index contributed by atoms with van der Waals surface area (Å²) < 4.78 is 20.7. The summed E-state index contributed by atoms with van der Waals surface area (Å²) in [7, 11) is 4.48. The monoisotopic (exact) mass is 385 g/mol. The number of ether oxygens (including phenoxy) is 4. The molecule has 0 aliphatic carbocycles. The number of methoxy groups -OCH3 is 3. The average Bonchev–Trinajstić information content (AvgIpc) is 2.73. The molecular formula is C21H23NO6. The number of hydrogen-bond donors (Lipinski definition) is 1.